The van der Waals surface area contributed by atoms with Gasteiger partial charge in [-0.25, -0.2) is 4.79 Å². The van der Waals surface area contributed by atoms with Gasteiger partial charge in [0.1, 0.15) is 5.60 Å². The Bertz CT molecular complexity index is 483. The molecule has 6 heteroatoms. The van der Waals surface area contributed by atoms with Gasteiger partial charge in [0.2, 0.25) is 6.79 Å². The van der Waals surface area contributed by atoms with Crippen LogP contribution in [0.3, 0.4) is 0 Å². The summed E-state index contributed by atoms with van der Waals surface area (Å²) >= 11 is 0. The normalized spacial score (nSPS) is 12.9. The summed E-state index contributed by atoms with van der Waals surface area (Å²) in [5, 5.41) is 5.87. The number of anilines is 1. The average Bonchev–Trinajstić information content (AvgIpc) is 2.79. The van der Waals surface area contributed by atoms with E-state index in [0.717, 1.165) is 17.2 Å². The van der Waals surface area contributed by atoms with Gasteiger partial charge in [0.05, 0.1) is 0 Å². The zero-order valence-corrected chi connectivity index (χ0v) is 12.0. The lowest BCUT2D eigenvalue weighted by atomic mass is 10.2. The van der Waals surface area contributed by atoms with Crippen molar-refractivity contribution in [3.63, 3.8) is 0 Å². The molecule has 0 saturated heterocycles. The molecule has 0 radical (unpaired) electrons. The zero-order valence-electron chi connectivity index (χ0n) is 12.0. The van der Waals surface area contributed by atoms with Crippen molar-refractivity contribution in [2.75, 3.05) is 25.2 Å². The molecule has 1 aliphatic rings. The lowest BCUT2D eigenvalue weighted by molar-refractivity contribution is 0.0530. The standard InChI is InChI=1S/C14H20N2O4/c1-14(2,3)20-13(17)16-7-6-15-10-4-5-11-12(8-10)19-9-18-11/h4-5,8,15H,6-7,9H2,1-3H3,(H,16,17). The van der Waals surface area contributed by atoms with E-state index < -0.39 is 11.7 Å². The van der Waals surface area contributed by atoms with Crippen molar-refractivity contribution in [3.05, 3.63) is 18.2 Å². The van der Waals surface area contributed by atoms with Crippen LogP contribution < -0.4 is 20.1 Å². The average molecular weight is 280 g/mol. The van der Waals surface area contributed by atoms with Crippen molar-refractivity contribution in [1.82, 2.24) is 5.32 Å². The highest BCUT2D eigenvalue weighted by molar-refractivity contribution is 5.67. The van der Waals surface area contributed by atoms with E-state index in [2.05, 4.69) is 10.6 Å². The van der Waals surface area contributed by atoms with Crippen LogP contribution in [0.15, 0.2) is 18.2 Å². The monoisotopic (exact) mass is 280 g/mol. The van der Waals surface area contributed by atoms with Crippen LogP contribution in [0.1, 0.15) is 20.8 Å². The lowest BCUT2D eigenvalue weighted by Crippen LogP contribution is -2.34. The van der Waals surface area contributed by atoms with Crippen molar-refractivity contribution in [1.29, 1.82) is 0 Å². The summed E-state index contributed by atoms with van der Waals surface area (Å²) in [6, 6.07) is 5.63. The Hall–Kier alpha value is -2.11. The van der Waals surface area contributed by atoms with Crippen LogP contribution in [0.4, 0.5) is 10.5 Å². The van der Waals surface area contributed by atoms with Crippen LogP contribution in [-0.2, 0) is 4.74 Å². The van der Waals surface area contributed by atoms with Gasteiger partial charge in [-0.05, 0) is 32.9 Å². The van der Waals surface area contributed by atoms with Crippen LogP contribution in [0, 0.1) is 0 Å². The molecule has 0 aliphatic carbocycles. The number of rotatable bonds is 4. The molecule has 0 aromatic heterocycles. The van der Waals surface area contributed by atoms with Crippen LogP contribution in [0.25, 0.3) is 0 Å². The third kappa shape index (κ3) is 4.22. The fraction of sp³-hybridized carbons (Fsp3) is 0.500. The second-order valence-electron chi connectivity index (χ2n) is 5.42. The predicted molar refractivity (Wildman–Crippen MR) is 75.3 cm³/mol. The van der Waals surface area contributed by atoms with Gasteiger partial charge in [-0.1, -0.05) is 0 Å². The molecule has 0 spiro atoms. The number of ether oxygens (including phenoxy) is 3. The van der Waals surface area contributed by atoms with Gasteiger partial charge in [-0.2, -0.15) is 0 Å². The molecule has 2 N–H and O–H groups in total. The van der Waals surface area contributed by atoms with Gasteiger partial charge >= 0.3 is 6.09 Å². The zero-order chi connectivity index (χ0) is 14.6. The van der Waals surface area contributed by atoms with E-state index in [1.165, 1.54) is 0 Å². The quantitative estimate of drug-likeness (QED) is 0.829. The molecule has 2 rings (SSSR count). The molecule has 110 valence electrons. The summed E-state index contributed by atoms with van der Waals surface area (Å²) in [5.74, 6) is 1.48. The molecule has 1 amide bonds. The highest BCUT2D eigenvalue weighted by Crippen LogP contribution is 2.34. The highest BCUT2D eigenvalue weighted by Gasteiger charge is 2.15. The molecule has 20 heavy (non-hydrogen) atoms. The maximum absolute atomic E-state index is 11.4. The molecule has 1 aliphatic heterocycles. The molecule has 1 aromatic carbocycles. The number of alkyl carbamates (subject to hydrolysis) is 1. The molecule has 1 aromatic rings. The van der Waals surface area contributed by atoms with Crippen molar-refractivity contribution in [2.45, 2.75) is 26.4 Å². The summed E-state index contributed by atoms with van der Waals surface area (Å²) in [5.41, 5.74) is 0.440. The van der Waals surface area contributed by atoms with Gasteiger partial charge < -0.3 is 24.8 Å². The van der Waals surface area contributed by atoms with Crippen molar-refractivity contribution >= 4 is 11.8 Å². The maximum atomic E-state index is 11.4. The summed E-state index contributed by atoms with van der Waals surface area (Å²) in [6.07, 6.45) is -0.412. The maximum Gasteiger partial charge on any atom is 0.407 e. The smallest absolute Gasteiger partial charge is 0.407 e. The summed E-state index contributed by atoms with van der Waals surface area (Å²) in [4.78, 5) is 11.4. The Morgan fingerprint density at radius 3 is 2.75 bits per heavy atom. The number of carbonyl (C=O) groups excluding carboxylic acids is 1. The Balaban J connectivity index is 1.70. The van der Waals surface area contributed by atoms with E-state index in [-0.39, 0.29) is 6.79 Å². The molecule has 0 atom stereocenters. The van der Waals surface area contributed by atoms with Gasteiger partial charge in [-0.15, -0.1) is 0 Å². The molecular formula is C14H20N2O4. The number of nitrogens with one attached hydrogen (secondary N) is 2. The third-order valence-electron chi connectivity index (χ3n) is 2.49. The number of carbonyl (C=O) groups is 1. The first-order valence-corrected chi connectivity index (χ1v) is 6.54. The van der Waals surface area contributed by atoms with Gasteiger partial charge in [0.15, 0.2) is 11.5 Å². The van der Waals surface area contributed by atoms with Crippen LogP contribution in [0.5, 0.6) is 11.5 Å². The van der Waals surface area contributed by atoms with Gasteiger partial charge in [0, 0.05) is 24.8 Å². The molecule has 6 nitrogen and oxygen atoms in total. The minimum atomic E-state index is -0.477. The summed E-state index contributed by atoms with van der Waals surface area (Å²) in [7, 11) is 0. The first-order chi connectivity index (χ1) is 9.44. The van der Waals surface area contributed by atoms with Crippen molar-refractivity contribution in [3.8, 4) is 11.5 Å². The van der Waals surface area contributed by atoms with E-state index in [0.29, 0.717) is 13.1 Å². The Morgan fingerprint density at radius 1 is 1.25 bits per heavy atom. The Labute approximate surface area is 118 Å². The molecule has 0 bridgehead atoms. The first kappa shape index (κ1) is 14.3. The van der Waals surface area contributed by atoms with E-state index in [1.54, 1.807) is 0 Å². The Kier molecular flexibility index (Phi) is 4.22. The van der Waals surface area contributed by atoms with E-state index in [1.807, 2.05) is 39.0 Å². The highest BCUT2D eigenvalue weighted by atomic mass is 16.7. The van der Waals surface area contributed by atoms with E-state index in [9.17, 15) is 4.79 Å². The van der Waals surface area contributed by atoms with E-state index in [4.69, 9.17) is 14.2 Å². The van der Waals surface area contributed by atoms with Crippen molar-refractivity contribution < 1.29 is 19.0 Å². The van der Waals surface area contributed by atoms with Crippen LogP contribution in [-0.4, -0.2) is 31.6 Å². The van der Waals surface area contributed by atoms with Crippen LogP contribution in [0.2, 0.25) is 0 Å². The van der Waals surface area contributed by atoms with E-state index >= 15 is 0 Å². The van der Waals surface area contributed by atoms with Crippen molar-refractivity contribution in [2.24, 2.45) is 0 Å². The molecule has 1 heterocycles. The number of hydrogen-bond acceptors (Lipinski definition) is 5. The second-order valence-corrected chi connectivity index (χ2v) is 5.42. The molecular weight excluding hydrogens is 260 g/mol. The summed E-state index contributed by atoms with van der Waals surface area (Å²) < 4.78 is 15.7. The largest absolute Gasteiger partial charge is 0.454 e. The second kappa shape index (κ2) is 5.90. The SMILES string of the molecule is CC(C)(C)OC(=O)NCCNc1ccc2c(c1)OCO2. The fourth-order valence-electron chi connectivity index (χ4n) is 1.69. The molecule has 0 unspecified atom stereocenters. The Morgan fingerprint density at radius 2 is 2.00 bits per heavy atom. The minimum Gasteiger partial charge on any atom is -0.454 e. The fourth-order valence-corrected chi connectivity index (χ4v) is 1.69. The molecule has 0 fully saturated rings. The van der Waals surface area contributed by atoms with Gasteiger partial charge in [-0.3, -0.25) is 0 Å². The van der Waals surface area contributed by atoms with Gasteiger partial charge in [0.25, 0.3) is 0 Å². The minimum absolute atomic E-state index is 0.263. The number of amides is 1. The third-order valence-corrected chi connectivity index (χ3v) is 2.49. The lowest BCUT2D eigenvalue weighted by Gasteiger charge is -2.19. The van der Waals surface area contributed by atoms with Crippen LogP contribution >= 0.6 is 0 Å². The number of benzene rings is 1. The number of fused-ring (bicyclic) bond motifs is 1. The first-order valence-electron chi connectivity index (χ1n) is 6.54. The topological polar surface area (TPSA) is 68.8 Å². The summed E-state index contributed by atoms with van der Waals surface area (Å²) in [6.45, 7) is 6.83. The predicted octanol–water partition coefficient (Wildman–Crippen LogP) is 2.35. The number of hydrogen-bond donors (Lipinski definition) is 2. The molecule has 0 saturated carbocycles.